The van der Waals surface area contributed by atoms with Gasteiger partial charge in [-0.3, -0.25) is 14.9 Å². The molecule has 1 aromatic carbocycles. The smallest absolute Gasteiger partial charge is 0.414 e. The number of carbonyl (C=O) groups is 3. The summed E-state index contributed by atoms with van der Waals surface area (Å²) in [7, 11) is 1.47. The fraction of sp³-hybridized carbons (Fsp3) is 0.500. The highest BCUT2D eigenvalue weighted by molar-refractivity contribution is 6.27. The molecule has 1 heterocycles. The Kier molecular flexibility index (Phi) is 10.1. The van der Waals surface area contributed by atoms with Crippen LogP contribution in [-0.4, -0.2) is 64.6 Å². The Labute approximate surface area is 167 Å². The van der Waals surface area contributed by atoms with E-state index in [4.69, 9.17) is 24.5 Å². The van der Waals surface area contributed by atoms with Crippen LogP contribution in [-0.2, 0) is 14.4 Å². The van der Waals surface area contributed by atoms with Gasteiger partial charge in [0.2, 0.25) is 5.91 Å². The van der Waals surface area contributed by atoms with Gasteiger partial charge in [0.25, 0.3) is 5.69 Å². The molecule has 0 radical (unpaired) electrons. The number of nitro benzene ring substituents is 1. The number of hydrogen-bond acceptors (Lipinski definition) is 7. The Bertz CT molecular complexity index is 718. The van der Waals surface area contributed by atoms with Crippen LogP contribution in [0.2, 0.25) is 0 Å². The zero-order valence-electron chi connectivity index (χ0n) is 16.1. The average Bonchev–Trinajstić information content (AvgIpc) is 2.95. The van der Waals surface area contributed by atoms with Crippen LogP contribution in [0.3, 0.4) is 0 Å². The third-order valence-corrected chi connectivity index (χ3v) is 4.20. The Hall–Kier alpha value is -3.21. The van der Waals surface area contributed by atoms with Gasteiger partial charge in [0.1, 0.15) is 5.75 Å². The van der Waals surface area contributed by atoms with Crippen molar-refractivity contribution in [1.29, 1.82) is 0 Å². The third kappa shape index (κ3) is 9.02. The molecule has 3 N–H and O–H groups in total. The highest BCUT2D eigenvalue weighted by Crippen LogP contribution is 2.28. The van der Waals surface area contributed by atoms with E-state index in [0.717, 1.165) is 13.1 Å². The maximum Gasteiger partial charge on any atom is 0.414 e. The number of non-ortho nitro benzene ring substituents is 1. The van der Waals surface area contributed by atoms with E-state index in [1.54, 1.807) is 0 Å². The van der Waals surface area contributed by atoms with Crippen molar-refractivity contribution in [1.82, 2.24) is 4.90 Å². The second kappa shape index (κ2) is 12.3. The number of rotatable bonds is 6. The van der Waals surface area contributed by atoms with Crippen molar-refractivity contribution in [2.75, 3.05) is 32.1 Å². The van der Waals surface area contributed by atoms with Gasteiger partial charge in [0, 0.05) is 25.1 Å². The van der Waals surface area contributed by atoms with Crippen LogP contribution in [0.5, 0.6) is 5.75 Å². The Morgan fingerprint density at radius 1 is 1.14 bits per heavy atom. The summed E-state index contributed by atoms with van der Waals surface area (Å²) in [6.07, 6.45) is 5.24. The van der Waals surface area contributed by atoms with E-state index in [1.165, 1.54) is 51.0 Å². The number of aliphatic carboxylic acids is 2. The van der Waals surface area contributed by atoms with Gasteiger partial charge in [0.15, 0.2) is 0 Å². The minimum Gasteiger partial charge on any atom is -0.495 e. The summed E-state index contributed by atoms with van der Waals surface area (Å²) < 4.78 is 5.14. The summed E-state index contributed by atoms with van der Waals surface area (Å²) in [5.41, 5.74) is 0.260. The molecule has 1 amide bonds. The predicted molar refractivity (Wildman–Crippen MR) is 103 cm³/mol. The highest BCUT2D eigenvalue weighted by atomic mass is 16.6. The number of nitro groups is 1. The molecule has 160 valence electrons. The van der Waals surface area contributed by atoms with Gasteiger partial charge in [-0.1, -0.05) is 12.8 Å². The number of nitrogens with zero attached hydrogens (tertiary/aromatic N) is 2. The molecule has 0 aliphatic carbocycles. The van der Waals surface area contributed by atoms with Gasteiger partial charge < -0.3 is 25.2 Å². The standard InChI is InChI=1S/C16H23N3O4.C2H2O4/c1-23-15-7-6-13(19(21)22)12-14(15)17-16(20)8-11-18-9-4-2-3-5-10-18;3-1(4)2(5)6/h6-7,12H,2-5,8-11H2,1H3,(H,17,20);(H,3,4)(H,5,6). The first-order valence-corrected chi connectivity index (χ1v) is 9.05. The van der Waals surface area contributed by atoms with Gasteiger partial charge in [-0.2, -0.15) is 0 Å². The number of benzene rings is 1. The third-order valence-electron chi connectivity index (χ3n) is 4.20. The van der Waals surface area contributed by atoms with E-state index in [0.29, 0.717) is 24.4 Å². The molecule has 1 aliphatic heterocycles. The normalized spacial score (nSPS) is 14.0. The maximum absolute atomic E-state index is 12.1. The summed E-state index contributed by atoms with van der Waals surface area (Å²) in [5.74, 6) is -3.39. The summed E-state index contributed by atoms with van der Waals surface area (Å²) in [6.45, 7) is 2.78. The van der Waals surface area contributed by atoms with Gasteiger partial charge in [-0.25, -0.2) is 9.59 Å². The zero-order chi connectivity index (χ0) is 21.8. The number of methoxy groups -OCH3 is 1. The SMILES string of the molecule is COc1ccc([N+](=O)[O-])cc1NC(=O)CCN1CCCCCC1.O=C(O)C(=O)O. The number of carboxylic acids is 2. The Balaban J connectivity index is 0.000000612. The molecule has 0 aromatic heterocycles. The first-order valence-electron chi connectivity index (χ1n) is 9.05. The molecule has 2 rings (SSSR count). The molecule has 1 saturated heterocycles. The number of carboxylic acid groups (broad SMARTS) is 2. The largest absolute Gasteiger partial charge is 0.495 e. The van der Waals surface area contributed by atoms with Crippen LogP contribution in [0.4, 0.5) is 11.4 Å². The van der Waals surface area contributed by atoms with Crippen LogP contribution in [0.15, 0.2) is 18.2 Å². The van der Waals surface area contributed by atoms with Crippen LogP contribution in [0.1, 0.15) is 32.1 Å². The van der Waals surface area contributed by atoms with Gasteiger partial charge >= 0.3 is 11.9 Å². The molecular weight excluding hydrogens is 386 g/mol. The van der Waals surface area contributed by atoms with E-state index in [1.807, 2.05) is 0 Å². The Morgan fingerprint density at radius 3 is 2.21 bits per heavy atom. The lowest BCUT2D eigenvalue weighted by molar-refractivity contribution is -0.384. The number of ether oxygens (including phenoxy) is 1. The van der Waals surface area contributed by atoms with E-state index >= 15 is 0 Å². The minimum absolute atomic E-state index is 0.0754. The fourth-order valence-corrected chi connectivity index (χ4v) is 2.74. The number of carbonyl (C=O) groups excluding carboxylic acids is 1. The van der Waals surface area contributed by atoms with Crippen LogP contribution < -0.4 is 10.1 Å². The number of anilines is 1. The van der Waals surface area contributed by atoms with Crippen LogP contribution in [0.25, 0.3) is 0 Å². The molecule has 29 heavy (non-hydrogen) atoms. The second-order valence-corrected chi connectivity index (χ2v) is 6.31. The molecule has 0 bridgehead atoms. The molecule has 0 spiro atoms. The number of nitrogens with one attached hydrogen (secondary N) is 1. The van der Waals surface area contributed by atoms with Crippen LogP contribution in [0, 0.1) is 10.1 Å². The monoisotopic (exact) mass is 411 g/mol. The molecule has 1 aromatic rings. The first-order chi connectivity index (χ1) is 13.7. The molecule has 11 nitrogen and oxygen atoms in total. The van der Waals surface area contributed by atoms with Crippen molar-refractivity contribution >= 4 is 29.2 Å². The maximum atomic E-state index is 12.1. The van der Waals surface area contributed by atoms with Crippen molar-refractivity contribution in [3.63, 3.8) is 0 Å². The lowest BCUT2D eigenvalue weighted by Gasteiger charge is -2.19. The van der Waals surface area contributed by atoms with Crippen molar-refractivity contribution in [3.8, 4) is 5.75 Å². The van der Waals surface area contributed by atoms with Crippen molar-refractivity contribution in [2.45, 2.75) is 32.1 Å². The first kappa shape index (κ1) is 23.8. The molecule has 0 unspecified atom stereocenters. The van der Waals surface area contributed by atoms with Crippen molar-refractivity contribution < 1.29 is 34.3 Å². The Morgan fingerprint density at radius 2 is 1.72 bits per heavy atom. The van der Waals surface area contributed by atoms with Crippen molar-refractivity contribution in [3.05, 3.63) is 28.3 Å². The lowest BCUT2D eigenvalue weighted by atomic mass is 10.2. The van der Waals surface area contributed by atoms with Crippen molar-refractivity contribution in [2.24, 2.45) is 0 Å². The summed E-state index contributed by atoms with van der Waals surface area (Å²) in [5, 5.41) is 28.3. The summed E-state index contributed by atoms with van der Waals surface area (Å²) in [6, 6.07) is 4.16. The molecule has 1 fully saturated rings. The molecule has 0 saturated carbocycles. The minimum atomic E-state index is -1.82. The number of likely N-dealkylation sites (tertiary alicyclic amines) is 1. The van der Waals surface area contributed by atoms with Gasteiger partial charge in [-0.05, 0) is 32.0 Å². The summed E-state index contributed by atoms with van der Waals surface area (Å²) in [4.78, 5) is 43.0. The fourth-order valence-electron chi connectivity index (χ4n) is 2.74. The lowest BCUT2D eigenvalue weighted by Crippen LogP contribution is -2.28. The molecule has 0 atom stereocenters. The second-order valence-electron chi connectivity index (χ2n) is 6.31. The van der Waals surface area contributed by atoms with E-state index in [2.05, 4.69) is 10.2 Å². The van der Waals surface area contributed by atoms with Gasteiger partial charge in [-0.15, -0.1) is 0 Å². The molecule has 1 aliphatic rings. The van der Waals surface area contributed by atoms with E-state index in [9.17, 15) is 14.9 Å². The summed E-state index contributed by atoms with van der Waals surface area (Å²) >= 11 is 0. The topological polar surface area (TPSA) is 159 Å². The predicted octanol–water partition coefficient (Wildman–Crippen LogP) is 1.96. The molecular formula is C18H25N3O8. The highest BCUT2D eigenvalue weighted by Gasteiger charge is 2.15. The van der Waals surface area contributed by atoms with E-state index < -0.39 is 16.9 Å². The molecule has 11 heteroatoms. The zero-order valence-corrected chi connectivity index (χ0v) is 16.1. The quantitative estimate of drug-likeness (QED) is 0.361. The number of amides is 1. The number of hydrogen-bond donors (Lipinski definition) is 3. The van der Waals surface area contributed by atoms with E-state index in [-0.39, 0.29) is 11.6 Å². The van der Waals surface area contributed by atoms with Crippen LogP contribution >= 0.6 is 0 Å². The average molecular weight is 411 g/mol. The van der Waals surface area contributed by atoms with Gasteiger partial charge in [0.05, 0.1) is 17.7 Å².